The van der Waals surface area contributed by atoms with Crippen molar-refractivity contribution in [3.8, 4) is 0 Å². The van der Waals surface area contributed by atoms with Crippen LogP contribution in [0.2, 0.25) is 5.02 Å². The number of anilines is 1. The molecule has 2 fully saturated rings. The molecule has 3 heterocycles. The summed E-state index contributed by atoms with van der Waals surface area (Å²) in [7, 11) is 0. The molecule has 0 unspecified atom stereocenters. The number of hydrogen-bond donors (Lipinski definition) is 1. The third kappa shape index (κ3) is 2.02. The van der Waals surface area contributed by atoms with Gasteiger partial charge in [-0.05, 0) is 30.5 Å². The Morgan fingerprint density at radius 1 is 1.19 bits per heavy atom. The van der Waals surface area contributed by atoms with E-state index in [-0.39, 0.29) is 16.9 Å². The second-order valence-corrected chi connectivity index (χ2v) is 7.85. The molecule has 0 aliphatic carbocycles. The minimum absolute atomic E-state index is 0.190. The lowest BCUT2D eigenvalue weighted by Gasteiger charge is -2.36. The summed E-state index contributed by atoms with van der Waals surface area (Å²) >= 11 is 6.49. The topological polar surface area (TPSA) is 75.5 Å². The van der Waals surface area contributed by atoms with Gasteiger partial charge in [0.05, 0.1) is 12.0 Å². The number of nitro groups is 1. The first-order chi connectivity index (χ1) is 13.1. The van der Waals surface area contributed by atoms with Crippen LogP contribution in [0.5, 0.6) is 0 Å². The number of fused-ring (bicyclic) bond motifs is 4. The largest absolute Gasteiger partial charge is 0.324 e. The van der Waals surface area contributed by atoms with Crippen LogP contribution in [0, 0.1) is 10.1 Å². The fourth-order valence-corrected chi connectivity index (χ4v) is 5.74. The number of nitrogens with zero attached hydrogens (tertiary/aromatic N) is 2. The van der Waals surface area contributed by atoms with Crippen molar-refractivity contribution in [2.75, 3.05) is 11.9 Å². The number of benzene rings is 2. The van der Waals surface area contributed by atoms with Crippen LogP contribution in [0.25, 0.3) is 0 Å². The zero-order valence-electron chi connectivity index (χ0n) is 14.5. The zero-order chi connectivity index (χ0) is 18.8. The van der Waals surface area contributed by atoms with Gasteiger partial charge in [0.2, 0.25) is 6.04 Å². The lowest BCUT2D eigenvalue weighted by Crippen LogP contribution is -2.50. The standard InChI is InChI=1S/C20H18ClN3O3/c21-14-8-3-1-6-12(14)17-18(24(26)27)16-10-5-11-23(16)20(17)13-7-2-4-9-15(13)22-19(20)25/h1-4,6-9,16-18H,5,10-11H2,(H,22,25)/t16-,17-,18+,20+/m0/s1. The number of rotatable bonds is 2. The van der Waals surface area contributed by atoms with E-state index in [0.29, 0.717) is 23.6 Å². The Hall–Kier alpha value is -2.44. The van der Waals surface area contributed by atoms with Gasteiger partial charge in [-0.1, -0.05) is 48.0 Å². The molecule has 27 heavy (non-hydrogen) atoms. The fourth-order valence-electron chi connectivity index (χ4n) is 5.49. The Labute approximate surface area is 161 Å². The zero-order valence-corrected chi connectivity index (χ0v) is 15.2. The minimum atomic E-state index is -1.10. The van der Waals surface area contributed by atoms with Crippen molar-refractivity contribution in [2.45, 2.75) is 36.4 Å². The molecule has 0 radical (unpaired) electrons. The number of para-hydroxylation sites is 1. The lowest BCUT2D eigenvalue weighted by atomic mass is 9.73. The lowest BCUT2D eigenvalue weighted by molar-refractivity contribution is -0.527. The second kappa shape index (κ2) is 5.78. The highest BCUT2D eigenvalue weighted by Gasteiger charge is 2.71. The highest BCUT2D eigenvalue weighted by molar-refractivity contribution is 6.31. The van der Waals surface area contributed by atoms with Gasteiger partial charge in [0.1, 0.15) is 5.54 Å². The van der Waals surface area contributed by atoms with Gasteiger partial charge in [-0.25, -0.2) is 0 Å². The molecule has 2 saturated heterocycles. The quantitative estimate of drug-likeness (QED) is 0.637. The summed E-state index contributed by atoms with van der Waals surface area (Å²) < 4.78 is 0. The molecule has 5 rings (SSSR count). The summed E-state index contributed by atoms with van der Waals surface area (Å²) in [5, 5.41) is 15.6. The molecule has 7 heteroatoms. The van der Waals surface area contributed by atoms with Gasteiger partial charge < -0.3 is 5.32 Å². The molecule has 4 atom stereocenters. The van der Waals surface area contributed by atoms with Gasteiger partial charge in [-0.15, -0.1) is 0 Å². The normalized spacial score (nSPS) is 31.7. The van der Waals surface area contributed by atoms with E-state index in [9.17, 15) is 14.9 Å². The molecule has 0 aromatic heterocycles. The summed E-state index contributed by atoms with van der Waals surface area (Å²) in [6, 6.07) is 13.5. The average molecular weight is 384 g/mol. The molecule has 0 saturated carbocycles. The molecule has 3 aliphatic rings. The first-order valence-electron chi connectivity index (χ1n) is 9.12. The van der Waals surface area contributed by atoms with Crippen molar-refractivity contribution in [2.24, 2.45) is 0 Å². The van der Waals surface area contributed by atoms with Gasteiger partial charge in [0.25, 0.3) is 5.91 Å². The van der Waals surface area contributed by atoms with E-state index in [1.54, 1.807) is 12.1 Å². The third-order valence-electron chi connectivity index (χ3n) is 6.35. The first-order valence-corrected chi connectivity index (χ1v) is 9.50. The number of carbonyl (C=O) groups excluding carboxylic acids is 1. The molecule has 0 bridgehead atoms. The number of carbonyl (C=O) groups is 1. The minimum Gasteiger partial charge on any atom is -0.324 e. The van der Waals surface area contributed by atoms with Crippen LogP contribution in [0.4, 0.5) is 5.69 Å². The molecule has 1 spiro atoms. The van der Waals surface area contributed by atoms with Crippen LogP contribution in [-0.2, 0) is 10.3 Å². The highest BCUT2D eigenvalue weighted by Crippen LogP contribution is 2.60. The number of nitrogens with one attached hydrogen (secondary N) is 1. The summed E-state index contributed by atoms with van der Waals surface area (Å²) in [4.78, 5) is 27.5. The van der Waals surface area contributed by atoms with Crippen LogP contribution in [0.1, 0.15) is 29.9 Å². The predicted molar refractivity (Wildman–Crippen MR) is 101 cm³/mol. The smallest absolute Gasteiger partial charge is 0.250 e. The van der Waals surface area contributed by atoms with E-state index in [4.69, 9.17) is 11.6 Å². The van der Waals surface area contributed by atoms with Gasteiger partial charge in [-0.3, -0.25) is 19.8 Å². The van der Waals surface area contributed by atoms with Gasteiger partial charge in [-0.2, -0.15) is 0 Å². The Balaban J connectivity index is 1.83. The molecule has 1 N–H and O–H groups in total. The molecule has 1 amide bonds. The van der Waals surface area contributed by atoms with Crippen LogP contribution in [0.15, 0.2) is 48.5 Å². The van der Waals surface area contributed by atoms with Crippen molar-refractivity contribution in [3.05, 3.63) is 74.8 Å². The average Bonchev–Trinajstić information content (AvgIpc) is 3.29. The molecular weight excluding hydrogens is 366 g/mol. The number of amides is 1. The van der Waals surface area contributed by atoms with E-state index >= 15 is 0 Å². The maximum Gasteiger partial charge on any atom is 0.250 e. The van der Waals surface area contributed by atoms with E-state index in [2.05, 4.69) is 10.2 Å². The van der Waals surface area contributed by atoms with Gasteiger partial charge in [0.15, 0.2) is 0 Å². The maximum absolute atomic E-state index is 13.4. The summed E-state index contributed by atoms with van der Waals surface area (Å²) in [5.41, 5.74) is 1.12. The molecule has 3 aliphatic heterocycles. The highest BCUT2D eigenvalue weighted by atomic mass is 35.5. The van der Waals surface area contributed by atoms with Crippen LogP contribution in [0.3, 0.4) is 0 Å². The number of hydrogen-bond acceptors (Lipinski definition) is 4. The summed E-state index contributed by atoms with van der Waals surface area (Å²) in [6.07, 6.45) is 1.56. The Kier molecular flexibility index (Phi) is 3.58. The van der Waals surface area contributed by atoms with Crippen molar-refractivity contribution in [1.82, 2.24) is 4.90 Å². The van der Waals surface area contributed by atoms with Crippen LogP contribution < -0.4 is 5.32 Å². The van der Waals surface area contributed by atoms with Crippen molar-refractivity contribution < 1.29 is 9.72 Å². The molecule has 138 valence electrons. The molecule has 6 nitrogen and oxygen atoms in total. The monoisotopic (exact) mass is 383 g/mol. The van der Waals surface area contributed by atoms with Crippen molar-refractivity contribution in [1.29, 1.82) is 0 Å². The Bertz CT molecular complexity index is 965. The predicted octanol–water partition coefficient (Wildman–Crippen LogP) is 3.39. The van der Waals surface area contributed by atoms with E-state index in [1.807, 2.05) is 36.4 Å². The van der Waals surface area contributed by atoms with Crippen molar-refractivity contribution >= 4 is 23.2 Å². The van der Waals surface area contributed by atoms with Gasteiger partial charge >= 0.3 is 0 Å². The van der Waals surface area contributed by atoms with E-state index < -0.39 is 17.5 Å². The summed E-state index contributed by atoms with van der Waals surface area (Å²) in [6.45, 7) is 0.664. The maximum atomic E-state index is 13.4. The van der Waals surface area contributed by atoms with E-state index in [0.717, 1.165) is 17.7 Å². The summed E-state index contributed by atoms with van der Waals surface area (Å²) in [5.74, 6) is -0.833. The van der Waals surface area contributed by atoms with Crippen LogP contribution in [-0.4, -0.2) is 34.4 Å². The molecular formula is C20H18ClN3O3. The fraction of sp³-hybridized carbons (Fsp3) is 0.350. The second-order valence-electron chi connectivity index (χ2n) is 7.44. The number of halogens is 1. The van der Waals surface area contributed by atoms with Crippen LogP contribution >= 0.6 is 11.6 Å². The van der Waals surface area contributed by atoms with E-state index in [1.165, 1.54) is 0 Å². The van der Waals surface area contributed by atoms with Gasteiger partial charge in [0, 0.05) is 27.7 Å². The Morgan fingerprint density at radius 2 is 1.93 bits per heavy atom. The Morgan fingerprint density at radius 3 is 2.70 bits per heavy atom. The molecule has 2 aromatic carbocycles. The molecule has 2 aromatic rings. The third-order valence-corrected chi connectivity index (χ3v) is 6.70. The van der Waals surface area contributed by atoms with Crippen molar-refractivity contribution in [3.63, 3.8) is 0 Å². The SMILES string of the molecule is O=C1Nc2ccccc2[C@@]12[C@@H](c1ccccc1Cl)[C@H]([N+](=O)[O-])[C@@H]1CCCN12. The first kappa shape index (κ1) is 16.7.